The Hall–Kier alpha value is -1.75. The Morgan fingerprint density at radius 3 is 2.71 bits per heavy atom. The zero-order valence-corrected chi connectivity index (χ0v) is 13.2. The monoisotopic (exact) mass is 292 g/mol. The molecule has 1 heterocycles. The molecule has 1 N–H and O–H groups in total. The van der Waals surface area contributed by atoms with Crippen LogP contribution in [0.2, 0.25) is 0 Å². The minimum Gasteiger partial charge on any atom is -0.454 e. The lowest BCUT2D eigenvalue weighted by Crippen LogP contribution is -2.48. The number of fused-ring (bicyclic) bond motifs is 1. The minimum atomic E-state index is -0.0472. The van der Waals surface area contributed by atoms with Crippen molar-refractivity contribution in [3.05, 3.63) is 23.8 Å². The highest BCUT2D eigenvalue weighted by Crippen LogP contribution is 2.32. The predicted molar refractivity (Wildman–Crippen MR) is 81.7 cm³/mol. The molecule has 5 nitrogen and oxygen atoms in total. The first-order valence-electron chi connectivity index (χ1n) is 7.21. The minimum absolute atomic E-state index is 0.0472. The van der Waals surface area contributed by atoms with Crippen molar-refractivity contribution in [1.82, 2.24) is 10.2 Å². The first kappa shape index (κ1) is 15.6. The summed E-state index contributed by atoms with van der Waals surface area (Å²) in [5, 5.41) is 2.99. The molecule has 0 unspecified atom stereocenters. The number of rotatable bonds is 6. The lowest BCUT2D eigenvalue weighted by molar-refractivity contribution is -0.121. The Morgan fingerprint density at radius 2 is 2.00 bits per heavy atom. The third-order valence-electron chi connectivity index (χ3n) is 4.01. The number of carbonyl (C=O) groups excluding carboxylic acids is 1. The molecule has 1 aromatic carbocycles. The van der Waals surface area contributed by atoms with Crippen LogP contribution in [0.1, 0.15) is 25.8 Å². The second-order valence-electron chi connectivity index (χ2n) is 6.17. The van der Waals surface area contributed by atoms with Crippen molar-refractivity contribution in [2.75, 3.05) is 27.4 Å². The summed E-state index contributed by atoms with van der Waals surface area (Å²) in [6.45, 7) is 5.12. The molecular formula is C16H24N2O3. The molecule has 0 spiro atoms. The standard InChI is InChI=1S/C16H24N2O3/c1-16(2,18(3)4)10-17-15(19)8-6-12-5-7-13-14(9-12)21-11-20-13/h5,7,9H,6,8,10-11H2,1-4H3,(H,17,19). The van der Waals surface area contributed by atoms with Crippen LogP contribution in [-0.2, 0) is 11.2 Å². The molecule has 2 rings (SSSR count). The number of nitrogens with zero attached hydrogens (tertiary/aromatic N) is 1. The average molecular weight is 292 g/mol. The van der Waals surface area contributed by atoms with Crippen LogP contribution in [0.15, 0.2) is 18.2 Å². The van der Waals surface area contributed by atoms with Gasteiger partial charge in [-0.1, -0.05) is 6.07 Å². The molecule has 0 atom stereocenters. The van der Waals surface area contributed by atoms with Gasteiger partial charge in [0.15, 0.2) is 11.5 Å². The highest BCUT2D eigenvalue weighted by molar-refractivity contribution is 5.76. The quantitative estimate of drug-likeness (QED) is 0.869. The number of hydrogen-bond acceptors (Lipinski definition) is 4. The molecule has 0 fully saturated rings. The number of ether oxygens (including phenoxy) is 2. The number of carbonyl (C=O) groups is 1. The molecule has 1 aliphatic heterocycles. The highest BCUT2D eigenvalue weighted by Gasteiger charge is 2.21. The lowest BCUT2D eigenvalue weighted by Gasteiger charge is -2.32. The van der Waals surface area contributed by atoms with Crippen molar-refractivity contribution < 1.29 is 14.3 Å². The van der Waals surface area contributed by atoms with E-state index in [1.165, 1.54) is 0 Å². The highest BCUT2D eigenvalue weighted by atomic mass is 16.7. The molecular weight excluding hydrogens is 268 g/mol. The van der Waals surface area contributed by atoms with Gasteiger partial charge >= 0.3 is 0 Å². The molecule has 1 aliphatic rings. The Labute approximate surface area is 126 Å². The lowest BCUT2D eigenvalue weighted by atomic mass is 10.0. The van der Waals surface area contributed by atoms with E-state index in [4.69, 9.17) is 9.47 Å². The summed E-state index contributed by atoms with van der Waals surface area (Å²) in [6.07, 6.45) is 1.17. The third-order valence-corrected chi connectivity index (χ3v) is 4.01. The zero-order valence-electron chi connectivity index (χ0n) is 13.2. The van der Waals surface area contributed by atoms with Crippen molar-refractivity contribution in [2.24, 2.45) is 0 Å². The van der Waals surface area contributed by atoms with Gasteiger partial charge in [0.2, 0.25) is 12.7 Å². The van der Waals surface area contributed by atoms with Crippen LogP contribution in [0.4, 0.5) is 0 Å². The largest absolute Gasteiger partial charge is 0.454 e. The van der Waals surface area contributed by atoms with E-state index >= 15 is 0 Å². The Morgan fingerprint density at radius 1 is 1.29 bits per heavy atom. The first-order chi connectivity index (χ1) is 9.88. The van der Waals surface area contributed by atoms with Crippen molar-refractivity contribution in [3.63, 3.8) is 0 Å². The van der Waals surface area contributed by atoms with Gasteiger partial charge in [-0.05, 0) is 52.1 Å². The molecule has 116 valence electrons. The maximum atomic E-state index is 11.9. The van der Waals surface area contributed by atoms with Gasteiger partial charge in [0, 0.05) is 18.5 Å². The SMILES string of the molecule is CN(C)C(C)(C)CNC(=O)CCc1ccc2c(c1)OCO2. The van der Waals surface area contributed by atoms with Crippen LogP contribution in [0.5, 0.6) is 11.5 Å². The van der Waals surface area contributed by atoms with E-state index < -0.39 is 0 Å². The predicted octanol–water partition coefficient (Wildman–Crippen LogP) is 1.80. The summed E-state index contributed by atoms with van der Waals surface area (Å²) in [7, 11) is 4.03. The summed E-state index contributed by atoms with van der Waals surface area (Å²) in [6, 6.07) is 5.81. The number of amides is 1. The number of hydrogen-bond donors (Lipinski definition) is 1. The molecule has 0 bridgehead atoms. The van der Waals surface area contributed by atoms with E-state index in [9.17, 15) is 4.79 Å². The molecule has 0 saturated heterocycles. The van der Waals surface area contributed by atoms with Crippen LogP contribution in [0.25, 0.3) is 0 Å². The summed E-state index contributed by atoms with van der Waals surface area (Å²) in [4.78, 5) is 14.0. The topological polar surface area (TPSA) is 50.8 Å². The average Bonchev–Trinajstić information content (AvgIpc) is 2.90. The molecule has 21 heavy (non-hydrogen) atoms. The van der Waals surface area contributed by atoms with Gasteiger partial charge in [0.25, 0.3) is 0 Å². The fourth-order valence-corrected chi connectivity index (χ4v) is 1.92. The van der Waals surface area contributed by atoms with Crippen molar-refractivity contribution >= 4 is 5.91 Å². The second-order valence-corrected chi connectivity index (χ2v) is 6.17. The zero-order chi connectivity index (χ0) is 15.5. The van der Waals surface area contributed by atoms with Gasteiger partial charge in [0.05, 0.1) is 0 Å². The summed E-state index contributed by atoms with van der Waals surface area (Å²) in [5.74, 6) is 1.61. The van der Waals surface area contributed by atoms with Gasteiger partial charge in [-0.2, -0.15) is 0 Å². The first-order valence-corrected chi connectivity index (χ1v) is 7.21. The normalized spacial score (nSPS) is 13.6. The van der Waals surface area contributed by atoms with E-state index in [0.29, 0.717) is 19.4 Å². The maximum absolute atomic E-state index is 11.9. The van der Waals surface area contributed by atoms with Crippen LogP contribution in [-0.4, -0.2) is 43.8 Å². The van der Waals surface area contributed by atoms with Gasteiger partial charge in [-0.25, -0.2) is 0 Å². The number of aryl methyl sites for hydroxylation is 1. The summed E-state index contributed by atoms with van der Waals surface area (Å²) < 4.78 is 10.6. The molecule has 0 radical (unpaired) electrons. The molecule has 1 aromatic rings. The number of likely N-dealkylation sites (N-methyl/N-ethyl adjacent to an activating group) is 1. The van der Waals surface area contributed by atoms with Gasteiger partial charge < -0.3 is 19.7 Å². The van der Waals surface area contributed by atoms with Crippen LogP contribution in [0, 0.1) is 0 Å². The van der Waals surface area contributed by atoms with Gasteiger partial charge in [-0.15, -0.1) is 0 Å². The summed E-state index contributed by atoms with van der Waals surface area (Å²) in [5.41, 5.74) is 1.04. The fraction of sp³-hybridized carbons (Fsp3) is 0.562. The maximum Gasteiger partial charge on any atom is 0.231 e. The van der Waals surface area contributed by atoms with Gasteiger partial charge in [0.1, 0.15) is 0 Å². The van der Waals surface area contributed by atoms with Crippen molar-refractivity contribution in [3.8, 4) is 11.5 Å². The van der Waals surface area contributed by atoms with Gasteiger partial charge in [-0.3, -0.25) is 4.79 Å². The molecule has 0 saturated carbocycles. The second kappa shape index (κ2) is 6.35. The van der Waals surface area contributed by atoms with Crippen LogP contribution < -0.4 is 14.8 Å². The number of nitrogens with one attached hydrogen (secondary N) is 1. The third kappa shape index (κ3) is 4.11. The molecule has 0 aromatic heterocycles. The van der Waals surface area contributed by atoms with E-state index in [0.717, 1.165) is 17.1 Å². The molecule has 5 heteroatoms. The smallest absolute Gasteiger partial charge is 0.231 e. The van der Waals surface area contributed by atoms with E-state index in [1.54, 1.807) is 0 Å². The summed E-state index contributed by atoms with van der Waals surface area (Å²) >= 11 is 0. The van der Waals surface area contributed by atoms with E-state index in [2.05, 4.69) is 24.1 Å². The van der Waals surface area contributed by atoms with Crippen LogP contribution in [0.3, 0.4) is 0 Å². The Kier molecular flexibility index (Phi) is 4.73. The molecule has 1 amide bonds. The number of benzene rings is 1. The van der Waals surface area contributed by atoms with Crippen molar-refractivity contribution in [2.45, 2.75) is 32.2 Å². The Balaban J connectivity index is 1.79. The Bertz CT molecular complexity index is 512. The molecule has 0 aliphatic carbocycles. The fourth-order valence-electron chi connectivity index (χ4n) is 1.92. The van der Waals surface area contributed by atoms with E-state index in [-0.39, 0.29) is 18.2 Å². The van der Waals surface area contributed by atoms with E-state index in [1.807, 2.05) is 32.3 Å². The van der Waals surface area contributed by atoms with Crippen molar-refractivity contribution in [1.29, 1.82) is 0 Å². The van der Waals surface area contributed by atoms with Crippen LogP contribution >= 0.6 is 0 Å².